The summed E-state index contributed by atoms with van der Waals surface area (Å²) in [6, 6.07) is 5.00. The van der Waals surface area contributed by atoms with E-state index in [2.05, 4.69) is 26.7 Å². The van der Waals surface area contributed by atoms with Crippen molar-refractivity contribution in [2.75, 3.05) is 7.05 Å². The number of furan rings is 1. The lowest BCUT2D eigenvalue weighted by molar-refractivity contribution is 0.272. The average molecular weight is 315 g/mol. The quantitative estimate of drug-likeness (QED) is 0.886. The van der Waals surface area contributed by atoms with Crippen molar-refractivity contribution in [3.8, 4) is 0 Å². The molecule has 2 aliphatic carbocycles. The summed E-state index contributed by atoms with van der Waals surface area (Å²) in [6.45, 7) is 3.56. The highest BCUT2D eigenvalue weighted by Crippen LogP contribution is 2.42. The third-order valence-corrected chi connectivity index (χ3v) is 4.88. The number of hydrogen-bond donors (Lipinski definition) is 1. The third kappa shape index (κ3) is 3.05. The topological polar surface area (TPSA) is 73.1 Å². The molecule has 0 saturated heterocycles. The summed E-state index contributed by atoms with van der Waals surface area (Å²) in [4.78, 5) is 2.23. The van der Waals surface area contributed by atoms with Gasteiger partial charge in [-0.05, 0) is 51.8 Å². The van der Waals surface area contributed by atoms with Gasteiger partial charge in [0.1, 0.15) is 23.2 Å². The maximum atomic E-state index is 5.95. The lowest BCUT2D eigenvalue weighted by Gasteiger charge is -2.32. The van der Waals surface area contributed by atoms with Gasteiger partial charge in [0.2, 0.25) is 0 Å². The average Bonchev–Trinajstić information content (AvgIpc) is 3.11. The van der Waals surface area contributed by atoms with Crippen LogP contribution in [0.4, 0.5) is 0 Å². The van der Waals surface area contributed by atoms with Crippen LogP contribution in [0, 0.1) is 6.92 Å². The van der Waals surface area contributed by atoms with Crippen LogP contribution in [0.3, 0.4) is 0 Å². The fourth-order valence-corrected chi connectivity index (χ4v) is 3.46. The van der Waals surface area contributed by atoms with Gasteiger partial charge in [0.15, 0.2) is 0 Å². The molecule has 0 aromatic carbocycles. The summed E-state index contributed by atoms with van der Waals surface area (Å²) in [5.41, 5.74) is 5.95. The monoisotopic (exact) mass is 315 g/mol. The molecule has 124 valence electrons. The number of hydrogen-bond acceptors (Lipinski definition) is 5. The second-order valence-electron chi connectivity index (χ2n) is 7.19. The Hall–Kier alpha value is -1.66. The third-order valence-electron chi connectivity index (χ3n) is 4.88. The Morgan fingerprint density at radius 1 is 1.26 bits per heavy atom. The van der Waals surface area contributed by atoms with E-state index >= 15 is 0 Å². The molecule has 0 radical (unpaired) electrons. The molecule has 4 rings (SSSR count). The number of nitrogens with two attached hydrogens (primary N) is 1. The highest BCUT2D eigenvalue weighted by Gasteiger charge is 2.36. The van der Waals surface area contributed by atoms with E-state index in [4.69, 9.17) is 10.2 Å². The molecule has 2 aromatic heterocycles. The highest BCUT2D eigenvalue weighted by atomic mass is 16.3. The molecule has 6 heteroatoms. The molecule has 0 unspecified atom stereocenters. The molecule has 23 heavy (non-hydrogen) atoms. The summed E-state index contributed by atoms with van der Waals surface area (Å²) >= 11 is 0. The molecule has 2 heterocycles. The van der Waals surface area contributed by atoms with Crippen LogP contribution in [0.25, 0.3) is 0 Å². The van der Waals surface area contributed by atoms with Crippen molar-refractivity contribution in [3.05, 3.63) is 35.3 Å². The minimum Gasteiger partial charge on any atom is -0.465 e. The second kappa shape index (κ2) is 5.76. The number of nitrogens with zero attached hydrogens (tertiary/aromatic N) is 4. The van der Waals surface area contributed by atoms with Crippen molar-refractivity contribution in [2.45, 2.75) is 63.7 Å². The fourth-order valence-electron chi connectivity index (χ4n) is 3.46. The lowest BCUT2D eigenvalue weighted by Crippen LogP contribution is -2.36. The largest absolute Gasteiger partial charge is 0.465 e. The number of rotatable bonds is 6. The van der Waals surface area contributed by atoms with Crippen molar-refractivity contribution in [1.82, 2.24) is 19.7 Å². The van der Waals surface area contributed by atoms with E-state index in [1.807, 2.05) is 19.1 Å². The van der Waals surface area contributed by atoms with Gasteiger partial charge in [0.25, 0.3) is 0 Å². The first-order valence-electron chi connectivity index (χ1n) is 8.53. The van der Waals surface area contributed by atoms with E-state index in [-0.39, 0.29) is 0 Å². The van der Waals surface area contributed by atoms with Crippen molar-refractivity contribution in [2.24, 2.45) is 5.73 Å². The predicted molar refractivity (Wildman–Crippen MR) is 86.9 cm³/mol. The van der Waals surface area contributed by atoms with Gasteiger partial charge in [0.05, 0.1) is 13.1 Å². The molecule has 0 bridgehead atoms. The van der Waals surface area contributed by atoms with E-state index in [0.29, 0.717) is 18.0 Å². The number of aromatic nitrogens is 3. The van der Waals surface area contributed by atoms with Crippen LogP contribution in [-0.4, -0.2) is 32.8 Å². The van der Waals surface area contributed by atoms with E-state index in [1.54, 1.807) is 0 Å². The normalized spacial score (nSPS) is 24.2. The van der Waals surface area contributed by atoms with E-state index in [0.717, 1.165) is 49.1 Å². The maximum absolute atomic E-state index is 5.95. The van der Waals surface area contributed by atoms with Gasteiger partial charge in [-0.25, -0.2) is 0 Å². The van der Waals surface area contributed by atoms with Gasteiger partial charge >= 0.3 is 0 Å². The van der Waals surface area contributed by atoms with Gasteiger partial charge in [-0.2, -0.15) is 0 Å². The van der Waals surface area contributed by atoms with Gasteiger partial charge in [-0.3, -0.25) is 4.90 Å². The molecule has 2 aromatic rings. The van der Waals surface area contributed by atoms with Gasteiger partial charge in [0, 0.05) is 18.0 Å². The molecular weight excluding hydrogens is 290 g/mol. The van der Waals surface area contributed by atoms with Crippen LogP contribution in [0.1, 0.15) is 60.8 Å². The zero-order chi connectivity index (χ0) is 16.0. The standard InChI is InChI=1S/C17H25N5O/c1-11-3-6-15(23-11)9-21(2)10-16-19-20-17(12-7-13(18)8-12)22(16)14-4-5-14/h3,6,12-14H,4-5,7-10,18H2,1-2H3. The van der Waals surface area contributed by atoms with Crippen LogP contribution in [0.2, 0.25) is 0 Å². The Bertz CT molecular complexity index is 681. The Labute approximate surface area is 136 Å². The molecule has 2 fully saturated rings. The number of aryl methyl sites for hydroxylation is 1. The van der Waals surface area contributed by atoms with Crippen molar-refractivity contribution in [1.29, 1.82) is 0 Å². The Balaban J connectivity index is 1.47. The Kier molecular flexibility index (Phi) is 3.73. The molecule has 6 nitrogen and oxygen atoms in total. The SMILES string of the molecule is Cc1ccc(CN(C)Cc2nnc(C3CC(N)C3)n2C2CC2)o1. The molecule has 0 spiro atoms. The molecule has 0 atom stereocenters. The van der Waals surface area contributed by atoms with Gasteiger partial charge in [-0.15, -0.1) is 10.2 Å². The first-order chi connectivity index (χ1) is 11.1. The second-order valence-corrected chi connectivity index (χ2v) is 7.19. The van der Waals surface area contributed by atoms with E-state index in [1.165, 1.54) is 12.8 Å². The molecule has 0 aliphatic heterocycles. The van der Waals surface area contributed by atoms with Crippen molar-refractivity contribution in [3.63, 3.8) is 0 Å². The van der Waals surface area contributed by atoms with Crippen molar-refractivity contribution >= 4 is 0 Å². The molecule has 2 N–H and O–H groups in total. The Morgan fingerprint density at radius 2 is 2.04 bits per heavy atom. The van der Waals surface area contributed by atoms with Crippen molar-refractivity contribution < 1.29 is 4.42 Å². The van der Waals surface area contributed by atoms with Crippen LogP contribution in [0.5, 0.6) is 0 Å². The summed E-state index contributed by atoms with van der Waals surface area (Å²) < 4.78 is 8.05. The zero-order valence-electron chi connectivity index (χ0n) is 13.9. The molecular formula is C17H25N5O. The minimum atomic E-state index is 0.345. The van der Waals surface area contributed by atoms with Crippen LogP contribution >= 0.6 is 0 Å². The highest BCUT2D eigenvalue weighted by molar-refractivity contribution is 5.12. The maximum Gasteiger partial charge on any atom is 0.147 e. The first kappa shape index (κ1) is 14.9. The fraction of sp³-hybridized carbons (Fsp3) is 0.647. The Morgan fingerprint density at radius 3 is 2.65 bits per heavy atom. The minimum absolute atomic E-state index is 0.345. The first-order valence-corrected chi connectivity index (χ1v) is 8.53. The van der Waals surface area contributed by atoms with E-state index in [9.17, 15) is 0 Å². The molecule has 2 aliphatic rings. The summed E-state index contributed by atoms with van der Waals surface area (Å²) in [5, 5.41) is 9.00. The lowest BCUT2D eigenvalue weighted by atomic mass is 9.80. The predicted octanol–water partition coefficient (Wildman–Crippen LogP) is 2.35. The van der Waals surface area contributed by atoms with Crippen LogP contribution in [0.15, 0.2) is 16.5 Å². The van der Waals surface area contributed by atoms with E-state index < -0.39 is 0 Å². The molecule has 0 amide bonds. The van der Waals surface area contributed by atoms with Gasteiger partial charge < -0.3 is 14.7 Å². The smallest absolute Gasteiger partial charge is 0.147 e. The summed E-state index contributed by atoms with van der Waals surface area (Å²) in [6.07, 6.45) is 4.59. The summed E-state index contributed by atoms with van der Waals surface area (Å²) in [7, 11) is 2.10. The van der Waals surface area contributed by atoms with Crippen LogP contribution < -0.4 is 5.73 Å². The van der Waals surface area contributed by atoms with Crippen LogP contribution in [-0.2, 0) is 13.1 Å². The molecule has 2 saturated carbocycles. The van der Waals surface area contributed by atoms with Gasteiger partial charge in [-0.1, -0.05) is 0 Å². The summed E-state index contributed by atoms with van der Waals surface area (Å²) in [5.74, 6) is 4.69. The zero-order valence-corrected chi connectivity index (χ0v) is 13.9.